The Morgan fingerprint density at radius 1 is 1.35 bits per heavy atom. The number of anilines is 1. The van der Waals surface area contributed by atoms with Gasteiger partial charge in [0.1, 0.15) is 0 Å². The first kappa shape index (κ1) is 19.8. The van der Waals surface area contributed by atoms with Crippen molar-refractivity contribution in [2.24, 2.45) is 16.6 Å². The van der Waals surface area contributed by atoms with Crippen molar-refractivity contribution >= 4 is 35.6 Å². The summed E-state index contributed by atoms with van der Waals surface area (Å²) in [4.78, 5) is 4.08. The van der Waals surface area contributed by atoms with Gasteiger partial charge in [-0.25, -0.2) is 0 Å². The molecule has 0 radical (unpaired) electrons. The summed E-state index contributed by atoms with van der Waals surface area (Å²) in [6, 6.07) is 5.58. The monoisotopic (exact) mass is 445 g/mol. The molecule has 1 aliphatic carbocycles. The highest BCUT2D eigenvalue weighted by molar-refractivity contribution is 14.0. The van der Waals surface area contributed by atoms with Crippen molar-refractivity contribution in [3.63, 3.8) is 0 Å². The van der Waals surface area contributed by atoms with E-state index in [0.717, 1.165) is 19.3 Å². The molecular formula is C14H19F3IN3O2. The van der Waals surface area contributed by atoms with Crippen molar-refractivity contribution in [3.8, 4) is 5.75 Å². The number of nitrogens with two attached hydrogens (primary N) is 1. The Morgan fingerprint density at radius 2 is 2.04 bits per heavy atom. The van der Waals surface area contributed by atoms with Gasteiger partial charge in [0.05, 0.1) is 11.8 Å². The van der Waals surface area contributed by atoms with Crippen molar-refractivity contribution in [2.75, 3.05) is 11.9 Å². The Kier molecular flexibility index (Phi) is 7.39. The first-order valence-electron chi connectivity index (χ1n) is 6.95. The Morgan fingerprint density at radius 3 is 2.65 bits per heavy atom. The van der Waals surface area contributed by atoms with E-state index >= 15 is 0 Å². The van der Waals surface area contributed by atoms with Crippen LogP contribution in [0.25, 0.3) is 0 Å². The van der Waals surface area contributed by atoms with E-state index in [9.17, 15) is 18.3 Å². The molecule has 0 saturated heterocycles. The quantitative estimate of drug-likeness (QED) is 0.378. The minimum Gasteiger partial charge on any atom is -0.404 e. The molecule has 0 aromatic heterocycles. The second kappa shape index (κ2) is 8.57. The molecule has 1 fully saturated rings. The molecule has 0 amide bonds. The lowest BCUT2D eigenvalue weighted by Crippen LogP contribution is -2.26. The van der Waals surface area contributed by atoms with E-state index in [1.54, 1.807) is 6.07 Å². The SMILES string of the molecule is I.NC(=NCC1CCCC1O)Nc1ccccc1OC(F)(F)F. The van der Waals surface area contributed by atoms with Crippen LogP contribution in [0.3, 0.4) is 0 Å². The van der Waals surface area contributed by atoms with Crippen LogP contribution in [-0.4, -0.2) is 30.1 Å². The molecule has 1 aromatic carbocycles. The highest BCUT2D eigenvalue weighted by Crippen LogP contribution is 2.30. The number of aliphatic imine (C=N–C) groups is 1. The summed E-state index contributed by atoms with van der Waals surface area (Å²) in [7, 11) is 0. The van der Waals surface area contributed by atoms with E-state index in [1.807, 2.05) is 0 Å². The third kappa shape index (κ3) is 6.42. The molecule has 0 bridgehead atoms. The summed E-state index contributed by atoms with van der Waals surface area (Å²) in [5.41, 5.74) is 5.76. The number of nitrogens with zero attached hydrogens (tertiary/aromatic N) is 1. The van der Waals surface area contributed by atoms with Crippen molar-refractivity contribution in [3.05, 3.63) is 24.3 Å². The summed E-state index contributed by atoms with van der Waals surface area (Å²) in [5.74, 6) is -0.353. The first-order valence-corrected chi connectivity index (χ1v) is 6.95. The fraction of sp³-hybridized carbons (Fsp3) is 0.500. The predicted octanol–water partition coefficient (Wildman–Crippen LogP) is 3.09. The van der Waals surface area contributed by atoms with Crippen LogP contribution < -0.4 is 15.8 Å². The maximum Gasteiger partial charge on any atom is 0.573 e. The van der Waals surface area contributed by atoms with Crippen LogP contribution >= 0.6 is 24.0 Å². The largest absolute Gasteiger partial charge is 0.573 e. The van der Waals surface area contributed by atoms with Crippen LogP contribution in [0.2, 0.25) is 0 Å². The number of halogens is 4. The summed E-state index contributed by atoms with van der Waals surface area (Å²) in [5, 5.41) is 12.3. The van der Waals surface area contributed by atoms with Crippen LogP contribution in [0, 0.1) is 5.92 Å². The van der Waals surface area contributed by atoms with Crippen molar-refractivity contribution in [2.45, 2.75) is 31.7 Å². The third-order valence-electron chi connectivity index (χ3n) is 3.49. The van der Waals surface area contributed by atoms with Gasteiger partial charge in [-0.3, -0.25) is 4.99 Å². The number of alkyl halides is 3. The molecule has 1 aromatic rings. The molecule has 0 spiro atoms. The Balaban J connectivity index is 0.00000264. The van der Waals surface area contributed by atoms with Gasteiger partial charge >= 0.3 is 6.36 Å². The van der Waals surface area contributed by atoms with E-state index in [1.165, 1.54) is 18.2 Å². The van der Waals surface area contributed by atoms with Gasteiger partial charge < -0.3 is 20.9 Å². The minimum absolute atomic E-state index is 0. The second-order valence-corrected chi connectivity index (χ2v) is 5.15. The van der Waals surface area contributed by atoms with E-state index < -0.39 is 12.5 Å². The number of aliphatic hydroxyl groups is 1. The molecule has 2 atom stereocenters. The smallest absolute Gasteiger partial charge is 0.404 e. The Labute approximate surface area is 149 Å². The topological polar surface area (TPSA) is 79.9 Å². The van der Waals surface area contributed by atoms with Gasteiger partial charge in [0.2, 0.25) is 0 Å². The van der Waals surface area contributed by atoms with E-state index in [4.69, 9.17) is 5.73 Å². The van der Waals surface area contributed by atoms with Gasteiger partial charge in [-0.05, 0) is 25.0 Å². The zero-order valence-electron chi connectivity index (χ0n) is 12.2. The number of para-hydroxylation sites is 2. The molecule has 1 aliphatic rings. The highest BCUT2D eigenvalue weighted by Gasteiger charge is 2.32. The average molecular weight is 445 g/mol. The molecule has 130 valence electrons. The van der Waals surface area contributed by atoms with Crippen LogP contribution in [0.15, 0.2) is 29.3 Å². The van der Waals surface area contributed by atoms with Crippen LogP contribution in [0.1, 0.15) is 19.3 Å². The zero-order chi connectivity index (χ0) is 16.2. The average Bonchev–Trinajstić information content (AvgIpc) is 2.83. The van der Waals surface area contributed by atoms with Crippen LogP contribution in [0.4, 0.5) is 18.9 Å². The molecule has 5 nitrogen and oxygen atoms in total. The van der Waals surface area contributed by atoms with E-state index in [2.05, 4.69) is 15.0 Å². The Hall–Kier alpha value is -1.23. The zero-order valence-corrected chi connectivity index (χ0v) is 14.5. The number of nitrogens with one attached hydrogen (secondary N) is 1. The fourth-order valence-corrected chi connectivity index (χ4v) is 2.41. The van der Waals surface area contributed by atoms with E-state index in [0.29, 0.717) is 6.54 Å². The Bertz CT molecular complexity index is 540. The number of benzene rings is 1. The van der Waals surface area contributed by atoms with Crippen molar-refractivity contribution in [1.82, 2.24) is 0 Å². The van der Waals surface area contributed by atoms with Crippen LogP contribution in [-0.2, 0) is 0 Å². The molecule has 1 saturated carbocycles. The molecule has 0 heterocycles. The molecule has 2 rings (SSSR count). The summed E-state index contributed by atoms with van der Waals surface area (Å²) in [6.07, 6.45) is -2.62. The third-order valence-corrected chi connectivity index (χ3v) is 3.49. The predicted molar refractivity (Wildman–Crippen MR) is 92.0 cm³/mol. The van der Waals surface area contributed by atoms with Crippen LogP contribution in [0.5, 0.6) is 5.75 Å². The summed E-state index contributed by atoms with van der Waals surface area (Å²) in [6.45, 7) is 0.336. The second-order valence-electron chi connectivity index (χ2n) is 5.15. The highest BCUT2D eigenvalue weighted by atomic mass is 127. The maximum absolute atomic E-state index is 12.3. The van der Waals surface area contributed by atoms with Crippen molar-refractivity contribution < 1.29 is 23.0 Å². The number of aliphatic hydroxyl groups excluding tert-OH is 1. The van der Waals surface area contributed by atoms with Gasteiger partial charge in [-0.2, -0.15) is 0 Å². The first-order chi connectivity index (χ1) is 10.3. The summed E-state index contributed by atoms with van der Waals surface area (Å²) < 4.78 is 40.9. The molecule has 4 N–H and O–H groups in total. The maximum atomic E-state index is 12.3. The molecular weight excluding hydrogens is 426 g/mol. The number of ether oxygens (including phenoxy) is 1. The molecule has 2 unspecified atom stereocenters. The molecule has 23 heavy (non-hydrogen) atoms. The van der Waals surface area contributed by atoms with Gasteiger partial charge in [-0.1, -0.05) is 18.6 Å². The van der Waals surface area contributed by atoms with Gasteiger partial charge in [0.15, 0.2) is 11.7 Å². The van der Waals surface area contributed by atoms with Gasteiger partial charge in [0.25, 0.3) is 0 Å². The molecule has 0 aliphatic heterocycles. The lowest BCUT2D eigenvalue weighted by Gasteiger charge is -2.15. The van der Waals surface area contributed by atoms with Crippen molar-refractivity contribution in [1.29, 1.82) is 0 Å². The van der Waals surface area contributed by atoms with Gasteiger partial charge in [-0.15, -0.1) is 37.1 Å². The van der Waals surface area contributed by atoms with E-state index in [-0.39, 0.29) is 47.3 Å². The lowest BCUT2D eigenvalue weighted by molar-refractivity contribution is -0.274. The standard InChI is InChI=1S/C14H18F3N3O2.HI/c15-14(16,17)22-12-7-2-1-5-10(12)20-13(18)19-8-9-4-3-6-11(9)21;/h1-2,5,7,9,11,21H,3-4,6,8H2,(H3,18,19,20);1H. The summed E-state index contributed by atoms with van der Waals surface area (Å²) >= 11 is 0. The lowest BCUT2D eigenvalue weighted by atomic mass is 10.1. The fourth-order valence-electron chi connectivity index (χ4n) is 2.41. The minimum atomic E-state index is -4.78. The molecule has 9 heteroatoms. The number of guanidine groups is 1. The normalized spacial score (nSPS) is 21.7. The van der Waals surface area contributed by atoms with Gasteiger partial charge in [0, 0.05) is 12.5 Å². The number of hydrogen-bond acceptors (Lipinski definition) is 3. The number of rotatable bonds is 4. The number of hydrogen-bond donors (Lipinski definition) is 3.